The molecule has 98 valence electrons. The first-order chi connectivity index (χ1) is 9.15. The van der Waals surface area contributed by atoms with Gasteiger partial charge in [-0.05, 0) is 31.2 Å². The van der Waals surface area contributed by atoms with Crippen molar-refractivity contribution in [1.29, 1.82) is 0 Å². The zero-order valence-corrected chi connectivity index (χ0v) is 10.6. The molecular formula is C15H15NO3. The summed E-state index contributed by atoms with van der Waals surface area (Å²) < 4.78 is 11.1. The van der Waals surface area contributed by atoms with Gasteiger partial charge in [0, 0.05) is 6.07 Å². The van der Waals surface area contributed by atoms with Crippen LogP contribution in [0.4, 0.5) is 0 Å². The third-order valence-electron chi connectivity index (χ3n) is 2.50. The Balaban J connectivity index is 2.09. The molecule has 0 fully saturated rings. The molecule has 1 atom stereocenters. The van der Waals surface area contributed by atoms with Crippen molar-refractivity contribution in [1.82, 2.24) is 0 Å². The fourth-order valence-electron chi connectivity index (χ4n) is 1.50. The average Bonchev–Trinajstić information content (AvgIpc) is 2.40. The van der Waals surface area contributed by atoms with E-state index in [0.717, 1.165) is 5.75 Å². The van der Waals surface area contributed by atoms with E-state index >= 15 is 0 Å². The molecule has 0 spiro atoms. The molecule has 0 aliphatic rings. The minimum Gasteiger partial charge on any atom is -0.481 e. The van der Waals surface area contributed by atoms with E-state index in [9.17, 15) is 4.79 Å². The minimum absolute atomic E-state index is 0.505. The summed E-state index contributed by atoms with van der Waals surface area (Å²) in [5.41, 5.74) is 5.15. The van der Waals surface area contributed by atoms with E-state index in [0.29, 0.717) is 11.5 Å². The third-order valence-corrected chi connectivity index (χ3v) is 2.50. The van der Waals surface area contributed by atoms with Crippen LogP contribution in [0.5, 0.6) is 17.2 Å². The second-order valence-electron chi connectivity index (χ2n) is 4.05. The van der Waals surface area contributed by atoms with Crippen LogP contribution in [0.2, 0.25) is 0 Å². The molecule has 0 radical (unpaired) electrons. The smallest absolute Gasteiger partial charge is 0.258 e. The van der Waals surface area contributed by atoms with Crippen LogP contribution in [-0.4, -0.2) is 12.0 Å². The molecule has 0 heterocycles. The van der Waals surface area contributed by atoms with Gasteiger partial charge in [-0.3, -0.25) is 4.79 Å². The molecule has 2 N–H and O–H groups in total. The maximum absolute atomic E-state index is 10.9. The topological polar surface area (TPSA) is 61.6 Å². The number of hydrogen-bond donors (Lipinski definition) is 1. The number of amides is 1. The van der Waals surface area contributed by atoms with Crippen LogP contribution in [0.15, 0.2) is 54.6 Å². The van der Waals surface area contributed by atoms with Crippen LogP contribution in [0.3, 0.4) is 0 Å². The van der Waals surface area contributed by atoms with Gasteiger partial charge in [0.2, 0.25) is 0 Å². The summed E-state index contributed by atoms with van der Waals surface area (Å²) >= 11 is 0. The van der Waals surface area contributed by atoms with Crippen LogP contribution < -0.4 is 15.2 Å². The van der Waals surface area contributed by atoms with E-state index in [4.69, 9.17) is 15.2 Å². The van der Waals surface area contributed by atoms with Crippen molar-refractivity contribution >= 4 is 5.91 Å². The second kappa shape index (κ2) is 5.91. The molecule has 2 rings (SSSR count). The Labute approximate surface area is 111 Å². The zero-order chi connectivity index (χ0) is 13.7. The third kappa shape index (κ3) is 3.74. The molecule has 0 aliphatic carbocycles. The molecule has 4 heteroatoms. The summed E-state index contributed by atoms with van der Waals surface area (Å²) in [6, 6.07) is 16.5. The van der Waals surface area contributed by atoms with E-state index in [-0.39, 0.29) is 0 Å². The number of para-hydroxylation sites is 1. The quantitative estimate of drug-likeness (QED) is 0.895. The second-order valence-corrected chi connectivity index (χ2v) is 4.05. The largest absolute Gasteiger partial charge is 0.481 e. The predicted molar refractivity (Wildman–Crippen MR) is 72.2 cm³/mol. The summed E-state index contributed by atoms with van der Waals surface area (Å²) in [5.74, 6) is 1.41. The number of carbonyl (C=O) groups excluding carboxylic acids is 1. The highest BCUT2D eigenvalue weighted by atomic mass is 16.5. The molecular weight excluding hydrogens is 242 g/mol. The Bertz CT molecular complexity index is 554. The lowest BCUT2D eigenvalue weighted by atomic mass is 10.3. The molecule has 4 nitrogen and oxygen atoms in total. The first-order valence-electron chi connectivity index (χ1n) is 5.94. The zero-order valence-electron chi connectivity index (χ0n) is 10.6. The van der Waals surface area contributed by atoms with Gasteiger partial charge in [-0.15, -0.1) is 0 Å². The molecule has 0 bridgehead atoms. The standard InChI is InChI=1S/C15H15NO3/c1-11(15(16)17)18-13-8-5-9-14(10-13)19-12-6-3-2-4-7-12/h2-11H,1H3,(H2,16,17)/t11-/m0/s1. The summed E-state index contributed by atoms with van der Waals surface area (Å²) in [7, 11) is 0. The highest BCUT2D eigenvalue weighted by molar-refractivity contribution is 5.78. The fraction of sp³-hybridized carbons (Fsp3) is 0.133. The van der Waals surface area contributed by atoms with Gasteiger partial charge in [-0.25, -0.2) is 0 Å². The number of hydrogen-bond acceptors (Lipinski definition) is 3. The Morgan fingerprint density at radius 2 is 1.63 bits per heavy atom. The van der Waals surface area contributed by atoms with Crippen molar-refractivity contribution in [2.45, 2.75) is 13.0 Å². The number of ether oxygens (including phenoxy) is 2. The SMILES string of the molecule is C[C@H](Oc1cccc(Oc2ccccc2)c1)C(N)=O. The van der Waals surface area contributed by atoms with E-state index in [1.54, 1.807) is 25.1 Å². The molecule has 0 saturated carbocycles. The van der Waals surface area contributed by atoms with Crippen molar-refractivity contribution in [3.8, 4) is 17.2 Å². The summed E-state index contributed by atoms with van der Waals surface area (Å²) in [6.07, 6.45) is -0.674. The number of rotatable bonds is 5. The van der Waals surface area contributed by atoms with Crippen molar-refractivity contribution in [3.63, 3.8) is 0 Å². The van der Waals surface area contributed by atoms with Gasteiger partial charge in [0.25, 0.3) is 5.91 Å². The van der Waals surface area contributed by atoms with Gasteiger partial charge in [0.1, 0.15) is 17.2 Å². The lowest BCUT2D eigenvalue weighted by molar-refractivity contribution is -0.123. The summed E-state index contributed by atoms with van der Waals surface area (Å²) in [6.45, 7) is 1.60. The monoisotopic (exact) mass is 257 g/mol. The van der Waals surface area contributed by atoms with Crippen LogP contribution in [0.25, 0.3) is 0 Å². The van der Waals surface area contributed by atoms with Crippen LogP contribution in [0.1, 0.15) is 6.92 Å². The fourth-order valence-corrected chi connectivity index (χ4v) is 1.50. The molecule has 19 heavy (non-hydrogen) atoms. The number of nitrogens with two attached hydrogens (primary N) is 1. The Hall–Kier alpha value is -2.49. The van der Waals surface area contributed by atoms with Crippen molar-refractivity contribution in [2.24, 2.45) is 5.73 Å². The molecule has 0 aliphatic heterocycles. The number of benzene rings is 2. The molecule has 0 aromatic heterocycles. The molecule has 1 amide bonds. The first kappa shape index (κ1) is 13.0. The van der Waals surface area contributed by atoms with E-state index in [2.05, 4.69) is 0 Å². The number of carbonyl (C=O) groups is 1. The van der Waals surface area contributed by atoms with Crippen LogP contribution in [0, 0.1) is 0 Å². The Kier molecular flexibility index (Phi) is 4.03. The van der Waals surface area contributed by atoms with Gasteiger partial charge >= 0.3 is 0 Å². The molecule has 0 saturated heterocycles. The first-order valence-corrected chi connectivity index (χ1v) is 5.94. The summed E-state index contributed by atoms with van der Waals surface area (Å²) in [4.78, 5) is 10.9. The average molecular weight is 257 g/mol. The van der Waals surface area contributed by atoms with Crippen molar-refractivity contribution < 1.29 is 14.3 Å². The van der Waals surface area contributed by atoms with E-state index in [1.807, 2.05) is 36.4 Å². The van der Waals surface area contributed by atoms with Crippen LogP contribution in [-0.2, 0) is 4.79 Å². The van der Waals surface area contributed by atoms with Gasteiger partial charge in [0.05, 0.1) is 0 Å². The lowest BCUT2D eigenvalue weighted by Gasteiger charge is -2.12. The normalized spacial score (nSPS) is 11.6. The predicted octanol–water partition coefficient (Wildman–Crippen LogP) is 2.73. The van der Waals surface area contributed by atoms with E-state index in [1.165, 1.54) is 0 Å². The molecule has 2 aromatic rings. The van der Waals surface area contributed by atoms with Gasteiger partial charge in [-0.1, -0.05) is 24.3 Å². The highest BCUT2D eigenvalue weighted by Crippen LogP contribution is 2.25. The highest BCUT2D eigenvalue weighted by Gasteiger charge is 2.10. The lowest BCUT2D eigenvalue weighted by Crippen LogP contribution is -2.30. The number of primary amides is 1. The van der Waals surface area contributed by atoms with Gasteiger partial charge in [0.15, 0.2) is 6.10 Å². The minimum atomic E-state index is -0.674. The van der Waals surface area contributed by atoms with Crippen LogP contribution >= 0.6 is 0 Å². The van der Waals surface area contributed by atoms with Gasteiger partial charge < -0.3 is 15.2 Å². The maximum Gasteiger partial charge on any atom is 0.258 e. The van der Waals surface area contributed by atoms with E-state index < -0.39 is 12.0 Å². The Morgan fingerprint density at radius 3 is 2.32 bits per heavy atom. The van der Waals surface area contributed by atoms with Crippen molar-refractivity contribution in [2.75, 3.05) is 0 Å². The molecule has 0 unspecified atom stereocenters. The van der Waals surface area contributed by atoms with Crippen molar-refractivity contribution in [3.05, 3.63) is 54.6 Å². The molecule has 2 aromatic carbocycles. The van der Waals surface area contributed by atoms with Gasteiger partial charge in [-0.2, -0.15) is 0 Å². The Morgan fingerprint density at radius 1 is 1.00 bits per heavy atom. The summed E-state index contributed by atoms with van der Waals surface area (Å²) in [5, 5.41) is 0. The maximum atomic E-state index is 10.9.